The van der Waals surface area contributed by atoms with Gasteiger partial charge in [-0.1, -0.05) is 48.0 Å². The van der Waals surface area contributed by atoms with Crippen LogP contribution in [0.25, 0.3) is 55.2 Å². The van der Waals surface area contributed by atoms with Gasteiger partial charge >= 0.3 is 11.9 Å². The molecule has 0 spiro atoms. The summed E-state index contributed by atoms with van der Waals surface area (Å²) >= 11 is 0. The Morgan fingerprint density at radius 3 is 2.07 bits per heavy atom. The van der Waals surface area contributed by atoms with Gasteiger partial charge in [0.2, 0.25) is 11.0 Å². The normalized spacial score (nSPS) is 13.3. The number of carbonyl (C=O) groups excluding carboxylic acids is 2. The molecule has 1 aromatic heterocycles. The number of carbonyl (C=O) groups is 4. The van der Waals surface area contributed by atoms with Crippen LogP contribution in [0.2, 0.25) is 0 Å². The molecule has 3 heterocycles. The van der Waals surface area contributed by atoms with Crippen molar-refractivity contribution in [1.29, 1.82) is 0 Å². The maximum atomic E-state index is 14.8. The minimum atomic E-state index is -4.37. The van der Waals surface area contributed by atoms with Crippen molar-refractivity contribution in [3.8, 4) is 28.2 Å². The molecule has 70 heavy (non-hydrogen) atoms. The SMILES string of the molecule is Cc1ccc(S(=O)(=O)N(CCCC(=O)O)C(=O)c2c3ccccc3[n+](CCCCN3CCN(C(=O)c4ccc(-c5c6ccc(=O)cc-6oc6cc(O)ccc56)c(C(=O)O)c4)CC3)c3ccccc23)cc1. The van der Waals surface area contributed by atoms with E-state index in [4.69, 9.17) is 4.42 Å². The number of phenolic OH excluding ortho intramolecular Hbond substituents is 1. The molecule has 5 aromatic carbocycles. The van der Waals surface area contributed by atoms with Crippen LogP contribution in [0, 0.1) is 6.92 Å². The number of piperazine rings is 1. The summed E-state index contributed by atoms with van der Waals surface area (Å²) in [5.74, 6) is -3.20. The third-order valence-corrected chi connectivity index (χ3v) is 14.7. The number of pyridine rings is 1. The van der Waals surface area contributed by atoms with E-state index < -0.39 is 27.9 Å². The van der Waals surface area contributed by atoms with E-state index >= 15 is 0 Å². The van der Waals surface area contributed by atoms with Gasteiger partial charge in [0, 0.05) is 91.9 Å². The van der Waals surface area contributed by atoms with E-state index in [1.807, 2.05) is 31.2 Å². The van der Waals surface area contributed by atoms with E-state index in [9.17, 15) is 47.7 Å². The number of unbranched alkanes of at least 4 members (excludes halogenated alkanes) is 1. The van der Waals surface area contributed by atoms with Crippen LogP contribution in [0.3, 0.4) is 0 Å². The lowest BCUT2D eigenvalue weighted by molar-refractivity contribution is -0.645. The Morgan fingerprint density at radius 2 is 1.40 bits per heavy atom. The van der Waals surface area contributed by atoms with Crippen molar-refractivity contribution in [2.24, 2.45) is 0 Å². The molecule has 1 fully saturated rings. The molecule has 2 aliphatic heterocycles. The number of aromatic carboxylic acids is 1. The maximum Gasteiger partial charge on any atom is 0.336 e. The topological polar surface area (TPSA) is 207 Å². The largest absolute Gasteiger partial charge is 0.508 e. The molecule has 0 unspecified atom stereocenters. The number of carboxylic acid groups (broad SMARTS) is 2. The number of benzene rings is 6. The molecule has 16 heteroatoms. The fourth-order valence-electron chi connectivity index (χ4n) is 9.44. The number of hydrogen-bond donors (Lipinski definition) is 3. The molecule has 0 atom stereocenters. The van der Waals surface area contributed by atoms with Gasteiger partial charge in [0.25, 0.3) is 21.8 Å². The first-order valence-electron chi connectivity index (χ1n) is 23.0. The van der Waals surface area contributed by atoms with Gasteiger partial charge in [0.15, 0.2) is 5.43 Å². The van der Waals surface area contributed by atoms with E-state index in [1.165, 1.54) is 42.5 Å². The van der Waals surface area contributed by atoms with Gasteiger partial charge in [-0.2, -0.15) is 4.57 Å². The quantitative estimate of drug-likeness (QED) is 0.0511. The van der Waals surface area contributed by atoms with Crippen LogP contribution >= 0.6 is 0 Å². The molecule has 3 aliphatic rings. The van der Waals surface area contributed by atoms with Crippen molar-refractivity contribution in [3.05, 3.63) is 160 Å². The number of fused-ring (bicyclic) bond motifs is 4. The minimum absolute atomic E-state index is 0.0616. The second kappa shape index (κ2) is 19.6. The summed E-state index contributed by atoms with van der Waals surface area (Å²) in [6.07, 6.45) is 1.20. The first-order valence-corrected chi connectivity index (χ1v) is 24.4. The lowest BCUT2D eigenvalue weighted by Gasteiger charge is -2.34. The van der Waals surface area contributed by atoms with Gasteiger partial charge in [-0.25, -0.2) is 17.5 Å². The number of carboxylic acids is 2. The molecule has 9 rings (SSSR count). The van der Waals surface area contributed by atoms with Gasteiger partial charge in [0.1, 0.15) is 23.6 Å². The molecular weight excluding hydrogens is 913 g/mol. The number of aliphatic carboxylic acids is 1. The molecule has 15 nitrogen and oxygen atoms in total. The van der Waals surface area contributed by atoms with Crippen LogP contribution < -0.4 is 10.00 Å². The Labute approximate surface area is 402 Å². The molecule has 0 bridgehead atoms. The Kier molecular flexibility index (Phi) is 13.2. The molecule has 3 N–H and O–H groups in total. The van der Waals surface area contributed by atoms with Gasteiger partial charge in [-0.05, 0) is 92.5 Å². The van der Waals surface area contributed by atoms with E-state index in [0.29, 0.717) is 65.6 Å². The number of hydrogen-bond acceptors (Lipinski definition) is 10. The number of aromatic nitrogens is 1. The fraction of sp³-hybridized carbons (Fsp3) is 0.222. The summed E-state index contributed by atoms with van der Waals surface area (Å²) in [4.78, 5) is 69.2. The van der Waals surface area contributed by atoms with Crippen molar-refractivity contribution in [2.45, 2.75) is 44.0 Å². The van der Waals surface area contributed by atoms with E-state index in [0.717, 1.165) is 40.3 Å². The standard InChI is InChI=1S/C54H48N4O11S/c1-34-14-19-38(20-15-34)70(67,68)58(26-8-13-49(61)62)53(64)51-40-9-2-4-11-45(40)57(46-12-5-3-10-41(46)51)25-7-6-24-55-27-29-56(30-28-55)52(63)35-16-21-39(44(31-35)54(65)66)50-42-22-17-36(59)32-47(42)69-48-33-37(60)18-23-43(48)50/h2-5,9-12,14-23,31-33H,6-8,13,24-30H2,1H3,(H2-,59,60,61,62,65,66)/p+1. The first-order chi connectivity index (χ1) is 33.7. The molecule has 0 saturated carbocycles. The highest BCUT2D eigenvalue weighted by Gasteiger charge is 2.35. The summed E-state index contributed by atoms with van der Waals surface area (Å²) in [5.41, 5.74) is 3.97. The van der Waals surface area contributed by atoms with Crippen molar-refractivity contribution in [2.75, 3.05) is 39.3 Å². The zero-order chi connectivity index (χ0) is 49.3. The van der Waals surface area contributed by atoms with Gasteiger partial charge in [-0.3, -0.25) is 24.1 Å². The lowest BCUT2D eigenvalue weighted by Crippen LogP contribution is -2.49. The number of aromatic hydroxyl groups is 1. The molecule has 6 aromatic rings. The molecular formula is C54H49N4O11S+. The monoisotopic (exact) mass is 961 g/mol. The minimum Gasteiger partial charge on any atom is -0.508 e. The smallest absolute Gasteiger partial charge is 0.336 e. The van der Waals surface area contributed by atoms with E-state index in [2.05, 4.69) is 9.47 Å². The molecule has 1 aliphatic carbocycles. The summed E-state index contributed by atoms with van der Waals surface area (Å²) in [6.45, 7) is 4.95. The number of para-hydroxylation sites is 2. The predicted octanol–water partition coefficient (Wildman–Crippen LogP) is 7.81. The van der Waals surface area contributed by atoms with E-state index in [-0.39, 0.29) is 69.4 Å². The van der Waals surface area contributed by atoms with Crippen molar-refractivity contribution < 1.29 is 51.9 Å². The zero-order valence-electron chi connectivity index (χ0n) is 38.2. The Bertz CT molecular complexity index is 3450. The third-order valence-electron chi connectivity index (χ3n) is 12.9. The van der Waals surface area contributed by atoms with Crippen molar-refractivity contribution in [3.63, 3.8) is 0 Å². The van der Waals surface area contributed by atoms with Gasteiger partial charge in [0.05, 0.1) is 26.8 Å². The van der Waals surface area contributed by atoms with Gasteiger partial charge in [-0.15, -0.1) is 0 Å². The van der Waals surface area contributed by atoms with Crippen LogP contribution in [0.5, 0.6) is 5.75 Å². The van der Waals surface area contributed by atoms with Crippen molar-refractivity contribution in [1.82, 2.24) is 14.1 Å². The Hall–Kier alpha value is -7.95. The van der Waals surface area contributed by atoms with Crippen LogP contribution in [-0.4, -0.2) is 101 Å². The highest BCUT2D eigenvalue weighted by atomic mass is 32.2. The first kappa shape index (κ1) is 47.1. The van der Waals surface area contributed by atoms with Crippen LogP contribution in [0.15, 0.2) is 142 Å². The van der Waals surface area contributed by atoms with E-state index in [1.54, 1.807) is 65.6 Å². The second-order valence-corrected chi connectivity index (χ2v) is 19.3. The van der Waals surface area contributed by atoms with Crippen LogP contribution in [-0.2, 0) is 21.4 Å². The number of rotatable bonds is 15. The molecule has 0 radical (unpaired) electrons. The van der Waals surface area contributed by atoms with Gasteiger partial charge < -0.3 is 24.6 Å². The maximum absolute atomic E-state index is 14.8. The van der Waals surface area contributed by atoms with Crippen LogP contribution in [0.4, 0.5) is 0 Å². The summed E-state index contributed by atoms with van der Waals surface area (Å²) in [6, 6.07) is 34.3. The van der Waals surface area contributed by atoms with Crippen molar-refractivity contribution >= 4 is 66.6 Å². The Balaban J connectivity index is 0.894. The number of amides is 2. The summed E-state index contributed by atoms with van der Waals surface area (Å²) in [5, 5.41) is 31.7. The highest BCUT2D eigenvalue weighted by Crippen LogP contribution is 2.42. The number of aryl methyl sites for hydroxylation is 2. The zero-order valence-corrected chi connectivity index (χ0v) is 39.0. The molecule has 1 saturated heterocycles. The summed E-state index contributed by atoms with van der Waals surface area (Å²) < 4.78 is 37.2. The number of sulfonamides is 1. The fourth-order valence-corrected chi connectivity index (χ4v) is 10.9. The highest BCUT2D eigenvalue weighted by molar-refractivity contribution is 7.89. The van der Waals surface area contributed by atoms with Crippen LogP contribution in [0.1, 0.15) is 62.3 Å². The number of phenols is 1. The Morgan fingerprint density at radius 1 is 0.729 bits per heavy atom. The number of nitrogens with zero attached hydrogens (tertiary/aromatic N) is 4. The average molecular weight is 962 g/mol. The summed E-state index contributed by atoms with van der Waals surface area (Å²) in [7, 11) is -4.37. The average Bonchev–Trinajstić information content (AvgIpc) is 3.35. The molecule has 356 valence electrons. The lowest BCUT2D eigenvalue weighted by atomic mass is 9.89. The second-order valence-electron chi connectivity index (χ2n) is 17.5. The molecule has 2 amide bonds. The predicted molar refractivity (Wildman–Crippen MR) is 263 cm³/mol. The third kappa shape index (κ3) is 9.30.